The molecule has 2 aromatic heterocycles. The first kappa shape index (κ1) is 18.1. The average Bonchev–Trinajstić information content (AvgIpc) is 3.32. The summed E-state index contributed by atoms with van der Waals surface area (Å²) in [5, 5.41) is 7.85. The van der Waals surface area contributed by atoms with Crippen LogP contribution in [0.5, 0.6) is 0 Å². The van der Waals surface area contributed by atoms with Crippen LogP contribution < -0.4 is 10.6 Å². The minimum absolute atomic E-state index is 0.281. The number of thiophene rings is 1. The number of hydrogen-bond acceptors (Lipinski definition) is 6. The van der Waals surface area contributed by atoms with Crippen LogP contribution in [0.3, 0.4) is 0 Å². The van der Waals surface area contributed by atoms with Gasteiger partial charge in [-0.1, -0.05) is 19.3 Å². The highest BCUT2D eigenvalue weighted by atomic mass is 32.1. The second-order valence-electron chi connectivity index (χ2n) is 6.96. The Labute approximate surface area is 164 Å². The van der Waals surface area contributed by atoms with E-state index >= 15 is 0 Å². The second kappa shape index (κ2) is 7.05. The maximum atomic E-state index is 12.7. The van der Waals surface area contributed by atoms with Crippen LogP contribution in [-0.2, 0) is 9.59 Å². The summed E-state index contributed by atoms with van der Waals surface area (Å²) < 4.78 is 0. The third-order valence-corrected chi connectivity index (χ3v) is 6.78. The number of amides is 4. The molecule has 0 bridgehead atoms. The van der Waals surface area contributed by atoms with Gasteiger partial charge in [-0.2, -0.15) is 0 Å². The summed E-state index contributed by atoms with van der Waals surface area (Å²) in [6.07, 6.45) is 4.19. The van der Waals surface area contributed by atoms with Crippen molar-refractivity contribution >= 4 is 45.7 Å². The van der Waals surface area contributed by atoms with E-state index in [2.05, 4.69) is 15.6 Å². The van der Waals surface area contributed by atoms with Gasteiger partial charge in [0.25, 0.3) is 5.91 Å². The Balaban J connectivity index is 1.40. The molecule has 27 heavy (non-hydrogen) atoms. The van der Waals surface area contributed by atoms with Gasteiger partial charge in [-0.05, 0) is 31.9 Å². The van der Waals surface area contributed by atoms with Crippen LogP contribution in [0.25, 0.3) is 10.6 Å². The van der Waals surface area contributed by atoms with Gasteiger partial charge in [0.2, 0.25) is 5.91 Å². The van der Waals surface area contributed by atoms with Crippen molar-refractivity contribution in [2.24, 2.45) is 0 Å². The highest BCUT2D eigenvalue weighted by Gasteiger charge is 2.51. The van der Waals surface area contributed by atoms with E-state index in [1.54, 1.807) is 11.3 Å². The Kier molecular flexibility index (Phi) is 4.73. The van der Waals surface area contributed by atoms with Crippen molar-refractivity contribution in [3.05, 3.63) is 22.4 Å². The van der Waals surface area contributed by atoms with Gasteiger partial charge in [0.05, 0.1) is 10.6 Å². The molecule has 2 N–H and O–H groups in total. The molecule has 4 rings (SSSR count). The number of hydrogen-bond donors (Lipinski definition) is 2. The van der Waals surface area contributed by atoms with E-state index < -0.39 is 17.5 Å². The van der Waals surface area contributed by atoms with Crippen LogP contribution >= 0.6 is 22.7 Å². The van der Waals surface area contributed by atoms with Gasteiger partial charge >= 0.3 is 6.03 Å². The fourth-order valence-corrected chi connectivity index (χ4v) is 5.26. The van der Waals surface area contributed by atoms with Crippen molar-refractivity contribution < 1.29 is 14.4 Å². The maximum absolute atomic E-state index is 12.7. The fourth-order valence-electron chi connectivity index (χ4n) is 3.63. The van der Waals surface area contributed by atoms with Crippen LogP contribution in [-0.4, -0.2) is 39.8 Å². The lowest BCUT2D eigenvalue weighted by Crippen LogP contribution is -2.48. The summed E-state index contributed by atoms with van der Waals surface area (Å²) in [5.41, 5.74) is 0.00520. The first-order valence-corrected chi connectivity index (χ1v) is 10.6. The normalized spacial score (nSPS) is 18.8. The van der Waals surface area contributed by atoms with E-state index in [4.69, 9.17) is 0 Å². The van der Waals surface area contributed by atoms with E-state index in [1.807, 2.05) is 24.4 Å². The molecule has 9 heteroatoms. The highest BCUT2D eigenvalue weighted by Crippen LogP contribution is 2.34. The largest absolute Gasteiger partial charge is 0.325 e. The van der Waals surface area contributed by atoms with Crippen molar-refractivity contribution in [3.8, 4) is 10.6 Å². The molecule has 1 spiro atoms. The number of carbonyl (C=O) groups excluding carboxylic acids is 3. The van der Waals surface area contributed by atoms with Crippen molar-refractivity contribution in [2.45, 2.75) is 44.6 Å². The zero-order valence-electron chi connectivity index (χ0n) is 14.9. The van der Waals surface area contributed by atoms with Gasteiger partial charge in [-0.3, -0.25) is 14.5 Å². The van der Waals surface area contributed by atoms with Gasteiger partial charge < -0.3 is 10.6 Å². The highest BCUT2D eigenvalue weighted by molar-refractivity contribution is 7.17. The summed E-state index contributed by atoms with van der Waals surface area (Å²) in [7, 11) is 0. The molecule has 0 radical (unpaired) electrons. The number of nitrogens with one attached hydrogen (secondary N) is 2. The number of imide groups is 1. The van der Waals surface area contributed by atoms with Crippen LogP contribution in [0, 0.1) is 6.92 Å². The minimum Gasteiger partial charge on any atom is -0.323 e. The topological polar surface area (TPSA) is 91.4 Å². The zero-order valence-corrected chi connectivity index (χ0v) is 16.5. The number of thiazole rings is 1. The smallest absolute Gasteiger partial charge is 0.323 e. The van der Waals surface area contributed by atoms with Crippen molar-refractivity contribution in [2.75, 3.05) is 11.9 Å². The molecule has 4 amide bonds. The molecule has 0 aromatic carbocycles. The summed E-state index contributed by atoms with van der Waals surface area (Å²) in [5.74, 6) is -0.703. The molecule has 1 aliphatic carbocycles. The van der Waals surface area contributed by atoms with Crippen molar-refractivity contribution in [3.63, 3.8) is 0 Å². The van der Waals surface area contributed by atoms with Crippen LogP contribution in [0.4, 0.5) is 9.93 Å². The van der Waals surface area contributed by atoms with E-state index in [0.717, 1.165) is 34.7 Å². The van der Waals surface area contributed by atoms with Crippen LogP contribution in [0.2, 0.25) is 0 Å². The predicted octanol–water partition coefficient (Wildman–Crippen LogP) is 3.37. The molecule has 2 fully saturated rings. The lowest BCUT2D eigenvalue weighted by Gasteiger charge is -2.30. The number of rotatable bonds is 4. The summed E-state index contributed by atoms with van der Waals surface area (Å²) in [6, 6.07) is 3.54. The molecule has 0 atom stereocenters. The molecule has 1 aliphatic heterocycles. The molecule has 1 saturated carbocycles. The summed E-state index contributed by atoms with van der Waals surface area (Å²) >= 11 is 2.96. The Bertz CT molecular complexity index is 898. The van der Waals surface area contributed by atoms with Crippen LogP contribution in [0.1, 0.15) is 37.0 Å². The fraction of sp³-hybridized carbons (Fsp3) is 0.444. The van der Waals surface area contributed by atoms with Gasteiger partial charge in [0.15, 0.2) is 5.13 Å². The van der Waals surface area contributed by atoms with Gasteiger partial charge in [-0.15, -0.1) is 22.7 Å². The Morgan fingerprint density at radius 1 is 1.30 bits per heavy atom. The number of anilines is 1. The number of urea groups is 1. The van der Waals surface area contributed by atoms with Gasteiger partial charge in [0.1, 0.15) is 12.1 Å². The third-order valence-electron chi connectivity index (χ3n) is 5.00. The van der Waals surface area contributed by atoms with Crippen molar-refractivity contribution in [1.82, 2.24) is 15.2 Å². The predicted molar refractivity (Wildman–Crippen MR) is 105 cm³/mol. The summed E-state index contributed by atoms with van der Waals surface area (Å²) in [6.45, 7) is 1.74. The molecule has 3 heterocycles. The Morgan fingerprint density at radius 2 is 2.07 bits per heavy atom. The first-order chi connectivity index (χ1) is 13.0. The Hall–Kier alpha value is -2.26. The van der Waals surface area contributed by atoms with Gasteiger partial charge in [-0.25, -0.2) is 9.78 Å². The van der Waals surface area contributed by atoms with Crippen molar-refractivity contribution in [1.29, 1.82) is 0 Å². The monoisotopic (exact) mass is 404 g/mol. The standard InChI is InChI=1S/C18H20N4O3S2/c1-11-5-6-13(27-11)12-10-26-16(19-12)20-14(23)9-22-15(24)18(21-17(22)25)7-3-2-4-8-18/h5-6,10H,2-4,7-9H2,1H3,(H,21,25)(H,19,20,23). The molecule has 2 aromatic rings. The van der Waals surface area contributed by atoms with E-state index in [9.17, 15) is 14.4 Å². The molecule has 7 nitrogen and oxygen atoms in total. The van der Waals surface area contributed by atoms with E-state index in [-0.39, 0.29) is 12.5 Å². The number of nitrogens with zero attached hydrogens (tertiary/aromatic N) is 2. The SMILES string of the molecule is Cc1ccc(-c2csc(NC(=O)CN3C(=O)NC4(CCCCC4)C3=O)n2)s1. The lowest BCUT2D eigenvalue weighted by atomic mass is 9.82. The molecule has 1 saturated heterocycles. The molecular formula is C18H20N4O3S2. The Morgan fingerprint density at radius 3 is 2.78 bits per heavy atom. The molecule has 142 valence electrons. The molecule has 2 aliphatic rings. The quantitative estimate of drug-likeness (QED) is 0.765. The first-order valence-electron chi connectivity index (χ1n) is 8.93. The molecular weight excluding hydrogens is 384 g/mol. The third kappa shape index (κ3) is 3.49. The lowest BCUT2D eigenvalue weighted by molar-refractivity contribution is -0.134. The zero-order chi connectivity index (χ0) is 19.0. The maximum Gasteiger partial charge on any atom is 0.325 e. The van der Waals surface area contributed by atoms with Gasteiger partial charge in [0, 0.05) is 10.3 Å². The molecule has 0 unspecified atom stereocenters. The number of carbonyl (C=O) groups is 3. The number of aryl methyl sites for hydroxylation is 1. The minimum atomic E-state index is -0.805. The number of aromatic nitrogens is 1. The average molecular weight is 405 g/mol. The van der Waals surface area contributed by atoms with E-state index in [0.29, 0.717) is 18.0 Å². The summed E-state index contributed by atoms with van der Waals surface area (Å²) in [4.78, 5) is 45.0. The second-order valence-corrected chi connectivity index (χ2v) is 9.11. The van der Waals surface area contributed by atoms with E-state index in [1.165, 1.54) is 16.2 Å². The van der Waals surface area contributed by atoms with Crippen LogP contribution in [0.15, 0.2) is 17.5 Å².